The summed E-state index contributed by atoms with van der Waals surface area (Å²) < 4.78 is 42.7. The first-order valence-corrected chi connectivity index (χ1v) is 9.90. The fourth-order valence-corrected chi connectivity index (χ4v) is 5.00. The molecule has 0 amide bonds. The van der Waals surface area contributed by atoms with Crippen LogP contribution in [0.25, 0.3) is 0 Å². The van der Waals surface area contributed by atoms with Crippen LogP contribution in [0.3, 0.4) is 0 Å². The summed E-state index contributed by atoms with van der Waals surface area (Å²) in [7, 11) is -3.68. The molecule has 1 aliphatic rings. The molecule has 1 aromatic carbocycles. The number of aryl methyl sites for hydroxylation is 1. The Labute approximate surface area is 147 Å². The molecule has 1 saturated heterocycles. The van der Waals surface area contributed by atoms with Gasteiger partial charge in [0.25, 0.3) is 0 Å². The zero-order valence-corrected chi connectivity index (χ0v) is 15.5. The first kappa shape index (κ1) is 18.0. The number of rotatable bonds is 4. The average Bonchev–Trinajstić information content (AvgIpc) is 3.07. The summed E-state index contributed by atoms with van der Waals surface area (Å²) in [6.45, 7) is 6.61. The lowest BCUT2D eigenvalue weighted by atomic mass is 10.1. The maximum Gasteiger partial charge on any atom is 0.243 e. The van der Waals surface area contributed by atoms with Gasteiger partial charge in [0.1, 0.15) is 18.0 Å². The van der Waals surface area contributed by atoms with Gasteiger partial charge in [0, 0.05) is 25.0 Å². The molecule has 6 nitrogen and oxygen atoms in total. The number of halogens is 1. The van der Waals surface area contributed by atoms with E-state index >= 15 is 0 Å². The van der Waals surface area contributed by atoms with E-state index in [-0.39, 0.29) is 16.9 Å². The van der Waals surface area contributed by atoms with Crippen molar-refractivity contribution in [2.24, 2.45) is 0 Å². The fraction of sp³-hybridized carbons (Fsp3) is 0.529. The van der Waals surface area contributed by atoms with Crippen LogP contribution < -0.4 is 0 Å². The maximum absolute atomic E-state index is 13.5. The van der Waals surface area contributed by atoms with Gasteiger partial charge >= 0.3 is 0 Å². The number of hydrogen-bond donors (Lipinski definition) is 0. The number of piperidine rings is 1. The summed E-state index contributed by atoms with van der Waals surface area (Å²) in [5.74, 6) is 0.645. The second kappa shape index (κ2) is 6.84. The van der Waals surface area contributed by atoms with Crippen LogP contribution in [0.2, 0.25) is 0 Å². The number of benzene rings is 1. The van der Waals surface area contributed by atoms with Crippen LogP contribution in [0.1, 0.15) is 50.0 Å². The summed E-state index contributed by atoms with van der Waals surface area (Å²) in [6, 6.07) is 4.07. The Bertz CT molecular complexity index is 855. The molecule has 0 spiro atoms. The van der Waals surface area contributed by atoms with Gasteiger partial charge in [0.05, 0.1) is 4.90 Å². The first-order chi connectivity index (χ1) is 11.8. The van der Waals surface area contributed by atoms with E-state index in [0.29, 0.717) is 31.5 Å². The van der Waals surface area contributed by atoms with Gasteiger partial charge in [-0.05, 0) is 37.5 Å². The minimum Gasteiger partial charge on any atom is -0.314 e. The van der Waals surface area contributed by atoms with Gasteiger partial charge in [-0.25, -0.2) is 12.8 Å². The molecule has 0 radical (unpaired) electrons. The van der Waals surface area contributed by atoms with Crippen LogP contribution >= 0.6 is 0 Å². The molecule has 3 rings (SSSR count). The van der Waals surface area contributed by atoms with Crippen LogP contribution in [-0.2, 0) is 10.0 Å². The molecule has 1 aliphatic heterocycles. The zero-order chi connectivity index (χ0) is 18.2. The van der Waals surface area contributed by atoms with Crippen molar-refractivity contribution in [1.82, 2.24) is 19.1 Å². The molecule has 0 atom stereocenters. The second-order valence-electron chi connectivity index (χ2n) is 6.80. The Morgan fingerprint density at radius 2 is 1.92 bits per heavy atom. The van der Waals surface area contributed by atoms with Crippen molar-refractivity contribution in [3.05, 3.63) is 41.7 Å². The van der Waals surface area contributed by atoms with E-state index < -0.39 is 15.8 Å². The normalized spacial score (nSPS) is 17.3. The quantitative estimate of drug-likeness (QED) is 0.834. The van der Waals surface area contributed by atoms with Crippen molar-refractivity contribution in [2.75, 3.05) is 13.1 Å². The van der Waals surface area contributed by atoms with E-state index in [2.05, 4.69) is 28.6 Å². The van der Waals surface area contributed by atoms with Gasteiger partial charge in [-0.3, -0.25) is 0 Å². The van der Waals surface area contributed by atoms with E-state index in [1.54, 1.807) is 13.3 Å². The highest BCUT2D eigenvalue weighted by Gasteiger charge is 2.32. The van der Waals surface area contributed by atoms with E-state index in [9.17, 15) is 12.8 Å². The Kier molecular flexibility index (Phi) is 4.92. The summed E-state index contributed by atoms with van der Waals surface area (Å²) in [5.41, 5.74) is 0.560. The average molecular weight is 366 g/mol. The molecule has 0 N–H and O–H groups in total. The predicted octanol–water partition coefficient (Wildman–Crippen LogP) is 2.87. The largest absolute Gasteiger partial charge is 0.314 e. The minimum atomic E-state index is -3.68. The highest BCUT2D eigenvalue weighted by atomic mass is 32.2. The molecule has 1 aromatic heterocycles. The number of hydrogen-bond acceptors (Lipinski definition) is 4. The fourth-order valence-electron chi connectivity index (χ4n) is 3.30. The molecular formula is C17H23FN4O2S. The van der Waals surface area contributed by atoms with Crippen molar-refractivity contribution < 1.29 is 12.8 Å². The molecule has 1 fully saturated rings. The molecule has 0 aliphatic carbocycles. The van der Waals surface area contributed by atoms with Gasteiger partial charge in [0.2, 0.25) is 10.0 Å². The van der Waals surface area contributed by atoms with Crippen molar-refractivity contribution >= 4 is 10.0 Å². The van der Waals surface area contributed by atoms with Gasteiger partial charge in [-0.15, -0.1) is 10.2 Å². The summed E-state index contributed by atoms with van der Waals surface area (Å²) in [4.78, 5) is 0.0538. The highest BCUT2D eigenvalue weighted by molar-refractivity contribution is 7.89. The first-order valence-electron chi connectivity index (χ1n) is 8.46. The lowest BCUT2D eigenvalue weighted by Crippen LogP contribution is -2.39. The summed E-state index contributed by atoms with van der Waals surface area (Å²) >= 11 is 0. The number of nitrogens with zero attached hydrogens (tertiary/aromatic N) is 4. The third-order valence-corrected chi connectivity index (χ3v) is 6.74. The van der Waals surface area contributed by atoms with E-state index in [1.807, 2.05) is 0 Å². The van der Waals surface area contributed by atoms with E-state index in [1.165, 1.54) is 16.4 Å². The van der Waals surface area contributed by atoms with Crippen molar-refractivity contribution in [3.63, 3.8) is 0 Å². The molecule has 2 aromatic rings. The molecule has 25 heavy (non-hydrogen) atoms. The number of sulfonamides is 1. The van der Waals surface area contributed by atoms with E-state index in [0.717, 1.165) is 11.9 Å². The van der Waals surface area contributed by atoms with Crippen molar-refractivity contribution in [2.45, 2.75) is 50.5 Å². The molecule has 0 unspecified atom stereocenters. The SMILES string of the molecule is Cc1ccc(F)cc1S(=O)(=O)N1CCC(n2cnnc2C(C)C)CC1. The number of aromatic nitrogens is 3. The topological polar surface area (TPSA) is 68.1 Å². The van der Waals surface area contributed by atoms with Crippen LogP contribution in [-0.4, -0.2) is 40.6 Å². The zero-order valence-electron chi connectivity index (χ0n) is 14.7. The molecule has 2 heterocycles. The highest BCUT2D eigenvalue weighted by Crippen LogP contribution is 2.30. The van der Waals surface area contributed by atoms with E-state index in [4.69, 9.17) is 0 Å². The molecule has 8 heteroatoms. The molecule has 0 saturated carbocycles. The van der Waals surface area contributed by atoms with Gasteiger partial charge in [0.15, 0.2) is 0 Å². The Morgan fingerprint density at radius 1 is 1.24 bits per heavy atom. The van der Waals surface area contributed by atoms with Crippen LogP contribution in [0, 0.1) is 12.7 Å². The molecule has 0 bridgehead atoms. The van der Waals surface area contributed by atoms with Crippen molar-refractivity contribution in [1.29, 1.82) is 0 Å². The van der Waals surface area contributed by atoms with Crippen LogP contribution in [0.4, 0.5) is 4.39 Å². The third kappa shape index (κ3) is 3.46. The monoisotopic (exact) mass is 366 g/mol. The van der Waals surface area contributed by atoms with Gasteiger partial charge < -0.3 is 4.57 Å². The smallest absolute Gasteiger partial charge is 0.243 e. The van der Waals surface area contributed by atoms with Crippen molar-refractivity contribution in [3.8, 4) is 0 Å². The predicted molar refractivity (Wildman–Crippen MR) is 92.3 cm³/mol. The van der Waals surface area contributed by atoms with Gasteiger partial charge in [-0.2, -0.15) is 4.31 Å². The summed E-state index contributed by atoms with van der Waals surface area (Å²) in [6.07, 6.45) is 3.09. The molecule has 136 valence electrons. The van der Waals surface area contributed by atoms with Gasteiger partial charge in [-0.1, -0.05) is 19.9 Å². The van der Waals surface area contributed by atoms with Crippen LogP contribution in [0.5, 0.6) is 0 Å². The maximum atomic E-state index is 13.5. The Morgan fingerprint density at radius 3 is 2.56 bits per heavy atom. The Balaban J connectivity index is 1.78. The lowest BCUT2D eigenvalue weighted by Gasteiger charge is -2.32. The minimum absolute atomic E-state index is 0.0538. The summed E-state index contributed by atoms with van der Waals surface area (Å²) in [5, 5.41) is 8.16. The Hall–Kier alpha value is -1.80. The van der Waals surface area contributed by atoms with Crippen LogP contribution in [0.15, 0.2) is 29.4 Å². The third-order valence-electron chi connectivity index (χ3n) is 4.70. The lowest BCUT2D eigenvalue weighted by molar-refractivity contribution is 0.268. The molecular weight excluding hydrogens is 343 g/mol. The second-order valence-corrected chi connectivity index (χ2v) is 8.70. The standard InChI is InChI=1S/C17H23FN4O2S/c1-12(2)17-20-19-11-22(17)15-6-8-21(9-7-15)25(23,24)16-10-14(18)5-4-13(16)3/h4-5,10-12,15H,6-9H2,1-3H3.